The third-order valence-corrected chi connectivity index (χ3v) is 3.76. The molecule has 0 saturated carbocycles. The number of anilines is 2. The molecule has 0 aromatic carbocycles. The van der Waals surface area contributed by atoms with E-state index >= 15 is 0 Å². The summed E-state index contributed by atoms with van der Waals surface area (Å²) in [6, 6.07) is 0. The first-order valence-corrected chi connectivity index (χ1v) is 7.06. The molecule has 0 fully saturated rings. The predicted molar refractivity (Wildman–Crippen MR) is 83.9 cm³/mol. The molecule has 1 aromatic rings. The molecule has 1 aliphatic carbocycles. The lowest BCUT2D eigenvalue weighted by Gasteiger charge is -2.31. The number of allylic oxidation sites excluding steroid dienone is 1. The van der Waals surface area contributed by atoms with E-state index in [1.807, 2.05) is 26.0 Å². The molecule has 3 atom stereocenters. The van der Waals surface area contributed by atoms with Gasteiger partial charge in [-0.1, -0.05) is 6.92 Å². The Morgan fingerprint density at radius 1 is 1.36 bits per heavy atom. The number of nitrogens with two attached hydrogens (primary N) is 2. The molecule has 22 heavy (non-hydrogen) atoms. The summed E-state index contributed by atoms with van der Waals surface area (Å²) in [5, 5.41) is 9.47. The third kappa shape index (κ3) is 3.30. The SMILES string of the molecule is COC1=CC(C(C)CO)C(Oc2cnc(N)nc2N)C=C1C. The summed E-state index contributed by atoms with van der Waals surface area (Å²) in [5.74, 6) is 1.38. The van der Waals surface area contributed by atoms with Gasteiger partial charge < -0.3 is 26.0 Å². The van der Waals surface area contributed by atoms with Crippen LogP contribution in [0.15, 0.2) is 29.7 Å². The van der Waals surface area contributed by atoms with Gasteiger partial charge in [0.25, 0.3) is 0 Å². The van der Waals surface area contributed by atoms with Crippen LogP contribution in [0.3, 0.4) is 0 Å². The maximum absolute atomic E-state index is 9.47. The molecule has 3 unspecified atom stereocenters. The van der Waals surface area contributed by atoms with Crippen LogP contribution in [0.4, 0.5) is 11.8 Å². The topological polar surface area (TPSA) is 117 Å². The van der Waals surface area contributed by atoms with Gasteiger partial charge in [-0.25, -0.2) is 4.98 Å². The average Bonchev–Trinajstić information content (AvgIpc) is 2.49. The molecule has 1 heterocycles. The molecule has 0 saturated heterocycles. The summed E-state index contributed by atoms with van der Waals surface area (Å²) in [7, 11) is 1.62. The van der Waals surface area contributed by atoms with Crippen molar-refractivity contribution in [3.05, 3.63) is 29.7 Å². The molecule has 0 spiro atoms. The van der Waals surface area contributed by atoms with Crippen molar-refractivity contribution in [1.82, 2.24) is 9.97 Å². The lowest BCUT2D eigenvalue weighted by atomic mass is 9.84. The molecule has 0 aliphatic heterocycles. The lowest BCUT2D eigenvalue weighted by Crippen LogP contribution is -2.33. The standard InChI is InChI=1S/C15H22N4O3/c1-8-4-12(10(9(2)7-20)5-11(8)21-3)22-13-6-18-15(17)19-14(13)16/h4-6,9-10,12,20H,7H2,1-3H3,(H4,16,17,18,19). The Balaban J connectivity index is 2.29. The Morgan fingerprint density at radius 3 is 2.68 bits per heavy atom. The van der Waals surface area contributed by atoms with E-state index in [2.05, 4.69) is 9.97 Å². The second-order valence-electron chi connectivity index (χ2n) is 5.38. The summed E-state index contributed by atoms with van der Waals surface area (Å²) >= 11 is 0. The molecule has 1 aliphatic rings. The normalized spacial score (nSPS) is 22.5. The van der Waals surface area contributed by atoms with Crippen LogP contribution in [0.25, 0.3) is 0 Å². The van der Waals surface area contributed by atoms with E-state index in [4.69, 9.17) is 20.9 Å². The first kappa shape index (κ1) is 16.1. The van der Waals surface area contributed by atoms with Crippen molar-refractivity contribution in [2.45, 2.75) is 20.0 Å². The van der Waals surface area contributed by atoms with Gasteiger partial charge in [-0.2, -0.15) is 4.98 Å². The monoisotopic (exact) mass is 306 g/mol. The number of hydrogen-bond acceptors (Lipinski definition) is 7. The van der Waals surface area contributed by atoms with Gasteiger partial charge in [0.1, 0.15) is 11.9 Å². The number of ether oxygens (including phenoxy) is 2. The molecule has 7 nitrogen and oxygen atoms in total. The highest BCUT2D eigenvalue weighted by Crippen LogP contribution is 2.32. The molecule has 7 heteroatoms. The van der Waals surface area contributed by atoms with E-state index in [0.717, 1.165) is 11.3 Å². The van der Waals surface area contributed by atoms with E-state index in [1.165, 1.54) is 6.20 Å². The summed E-state index contributed by atoms with van der Waals surface area (Å²) in [6.45, 7) is 3.93. The van der Waals surface area contributed by atoms with Crippen LogP contribution < -0.4 is 16.2 Å². The first-order valence-electron chi connectivity index (χ1n) is 7.06. The van der Waals surface area contributed by atoms with Crippen LogP contribution in [0, 0.1) is 11.8 Å². The molecule has 5 N–H and O–H groups in total. The minimum absolute atomic E-state index is 0.00424. The van der Waals surface area contributed by atoms with Gasteiger partial charge in [-0.15, -0.1) is 0 Å². The van der Waals surface area contributed by atoms with Crippen molar-refractivity contribution in [2.75, 3.05) is 25.2 Å². The first-order chi connectivity index (χ1) is 10.5. The second kappa shape index (κ2) is 6.65. The van der Waals surface area contributed by atoms with Crippen molar-refractivity contribution in [2.24, 2.45) is 11.8 Å². The van der Waals surface area contributed by atoms with Crippen LogP contribution in [-0.2, 0) is 4.74 Å². The van der Waals surface area contributed by atoms with Crippen molar-refractivity contribution < 1.29 is 14.6 Å². The van der Waals surface area contributed by atoms with Gasteiger partial charge in [0.15, 0.2) is 11.6 Å². The van der Waals surface area contributed by atoms with Crippen LogP contribution in [0.2, 0.25) is 0 Å². The highest BCUT2D eigenvalue weighted by Gasteiger charge is 2.30. The molecule has 0 amide bonds. The van der Waals surface area contributed by atoms with Gasteiger partial charge in [0, 0.05) is 12.5 Å². The van der Waals surface area contributed by atoms with E-state index in [0.29, 0.717) is 5.75 Å². The fourth-order valence-electron chi connectivity index (χ4n) is 2.43. The highest BCUT2D eigenvalue weighted by atomic mass is 16.5. The number of aliphatic hydroxyl groups is 1. The molecule has 120 valence electrons. The Kier molecular flexibility index (Phi) is 4.87. The highest BCUT2D eigenvalue weighted by molar-refractivity contribution is 5.47. The number of methoxy groups -OCH3 is 1. The zero-order valence-electron chi connectivity index (χ0n) is 13.0. The van der Waals surface area contributed by atoms with E-state index in [-0.39, 0.29) is 36.3 Å². The molecule has 1 aromatic heterocycles. The van der Waals surface area contributed by atoms with Crippen LogP contribution in [0.5, 0.6) is 5.75 Å². The maximum Gasteiger partial charge on any atom is 0.222 e. The molecular weight excluding hydrogens is 284 g/mol. The fourth-order valence-corrected chi connectivity index (χ4v) is 2.43. The van der Waals surface area contributed by atoms with Crippen molar-refractivity contribution in [1.29, 1.82) is 0 Å². The molecule has 0 bridgehead atoms. The van der Waals surface area contributed by atoms with Crippen LogP contribution in [0.1, 0.15) is 13.8 Å². The Morgan fingerprint density at radius 2 is 2.09 bits per heavy atom. The molecule has 2 rings (SSSR count). The average molecular weight is 306 g/mol. The van der Waals surface area contributed by atoms with Crippen LogP contribution in [-0.4, -0.2) is 34.9 Å². The van der Waals surface area contributed by atoms with Crippen molar-refractivity contribution in [3.8, 4) is 5.75 Å². The van der Waals surface area contributed by atoms with Gasteiger partial charge in [0.05, 0.1) is 13.3 Å². The van der Waals surface area contributed by atoms with E-state index < -0.39 is 0 Å². The third-order valence-electron chi connectivity index (χ3n) is 3.76. The quantitative estimate of drug-likeness (QED) is 0.746. The number of nitrogen functional groups attached to an aromatic ring is 2. The number of aliphatic hydroxyl groups excluding tert-OH is 1. The number of hydrogen-bond donors (Lipinski definition) is 3. The largest absolute Gasteiger partial charge is 0.497 e. The van der Waals surface area contributed by atoms with Gasteiger partial charge in [-0.3, -0.25) is 0 Å². The minimum Gasteiger partial charge on any atom is -0.497 e. The summed E-state index contributed by atoms with van der Waals surface area (Å²) in [6.07, 6.45) is 5.08. The number of aromatic nitrogens is 2. The molecular formula is C15H22N4O3. The fraction of sp³-hybridized carbons (Fsp3) is 0.467. The predicted octanol–water partition coefficient (Wildman–Crippen LogP) is 1.12. The lowest BCUT2D eigenvalue weighted by molar-refractivity contribution is 0.120. The number of nitrogens with zero attached hydrogens (tertiary/aromatic N) is 2. The minimum atomic E-state index is -0.296. The Hall–Kier alpha value is -2.28. The van der Waals surface area contributed by atoms with E-state index in [1.54, 1.807) is 7.11 Å². The summed E-state index contributed by atoms with van der Waals surface area (Å²) in [4.78, 5) is 7.79. The van der Waals surface area contributed by atoms with E-state index in [9.17, 15) is 5.11 Å². The zero-order valence-corrected chi connectivity index (χ0v) is 13.0. The van der Waals surface area contributed by atoms with Crippen LogP contribution >= 0.6 is 0 Å². The Bertz CT molecular complexity index is 600. The zero-order chi connectivity index (χ0) is 16.3. The summed E-state index contributed by atoms with van der Waals surface area (Å²) in [5.41, 5.74) is 12.3. The Labute approximate surface area is 129 Å². The smallest absolute Gasteiger partial charge is 0.222 e. The second-order valence-corrected chi connectivity index (χ2v) is 5.38. The van der Waals surface area contributed by atoms with Crippen molar-refractivity contribution in [3.63, 3.8) is 0 Å². The van der Waals surface area contributed by atoms with Crippen molar-refractivity contribution >= 4 is 11.8 Å². The van der Waals surface area contributed by atoms with Gasteiger partial charge in [0.2, 0.25) is 5.95 Å². The maximum atomic E-state index is 9.47. The molecule has 0 radical (unpaired) electrons. The van der Waals surface area contributed by atoms with Gasteiger partial charge in [-0.05, 0) is 30.6 Å². The van der Waals surface area contributed by atoms with Gasteiger partial charge >= 0.3 is 0 Å². The number of rotatable bonds is 5. The summed E-state index contributed by atoms with van der Waals surface area (Å²) < 4.78 is 11.3.